The molecule has 1 aromatic carbocycles. The van der Waals surface area contributed by atoms with Crippen LogP contribution in [0.15, 0.2) is 23.2 Å². The molecule has 0 bridgehead atoms. The number of nitrogens with zero attached hydrogens (tertiary/aromatic N) is 1. The molecule has 0 aliphatic carbocycles. The number of hydrogen-bond donors (Lipinski definition) is 1. The van der Waals surface area contributed by atoms with Gasteiger partial charge in [-0.15, -0.1) is 0 Å². The van der Waals surface area contributed by atoms with Gasteiger partial charge in [-0.05, 0) is 30.5 Å². The van der Waals surface area contributed by atoms with Gasteiger partial charge in [-0.1, -0.05) is 6.92 Å². The highest BCUT2D eigenvalue weighted by Gasteiger charge is 2.00. The van der Waals surface area contributed by atoms with Crippen molar-refractivity contribution in [2.75, 3.05) is 6.54 Å². The molecule has 16 heavy (non-hydrogen) atoms. The Bertz CT molecular complexity index is 355. The highest BCUT2D eigenvalue weighted by Crippen LogP contribution is 2.08. The second kappa shape index (κ2) is 6.20. The molecule has 0 saturated carbocycles. The SMILES string of the molecule is CCCC(N)=NCCc1cc(F)cc(F)c1. The molecule has 0 fully saturated rings. The van der Waals surface area contributed by atoms with Crippen molar-refractivity contribution in [2.45, 2.75) is 26.2 Å². The number of halogens is 2. The summed E-state index contributed by atoms with van der Waals surface area (Å²) < 4.78 is 25.7. The molecule has 0 spiro atoms. The predicted octanol–water partition coefficient (Wildman–Crippen LogP) is 2.66. The Morgan fingerprint density at radius 2 is 1.88 bits per heavy atom. The first-order valence-corrected chi connectivity index (χ1v) is 5.35. The minimum atomic E-state index is -0.555. The fourth-order valence-corrected chi connectivity index (χ4v) is 1.42. The van der Waals surface area contributed by atoms with Gasteiger partial charge in [0.05, 0.1) is 5.84 Å². The molecule has 1 rings (SSSR count). The average molecular weight is 226 g/mol. The molecule has 0 atom stereocenters. The molecule has 2 nitrogen and oxygen atoms in total. The van der Waals surface area contributed by atoms with Gasteiger partial charge in [0.25, 0.3) is 0 Å². The summed E-state index contributed by atoms with van der Waals surface area (Å²) in [5.74, 6) is -0.514. The number of nitrogens with two attached hydrogens (primary N) is 1. The monoisotopic (exact) mass is 226 g/mol. The minimum absolute atomic E-state index is 0.467. The van der Waals surface area contributed by atoms with Gasteiger partial charge in [0.15, 0.2) is 0 Å². The van der Waals surface area contributed by atoms with Gasteiger partial charge in [0.2, 0.25) is 0 Å². The Balaban J connectivity index is 2.51. The fourth-order valence-electron chi connectivity index (χ4n) is 1.42. The van der Waals surface area contributed by atoms with Crippen molar-refractivity contribution < 1.29 is 8.78 Å². The highest BCUT2D eigenvalue weighted by molar-refractivity contribution is 5.80. The molecule has 0 aliphatic heterocycles. The maximum atomic E-state index is 12.8. The third-order valence-corrected chi connectivity index (χ3v) is 2.14. The van der Waals surface area contributed by atoms with Crippen LogP contribution < -0.4 is 5.73 Å². The van der Waals surface area contributed by atoms with Crippen molar-refractivity contribution in [3.63, 3.8) is 0 Å². The van der Waals surface area contributed by atoms with Crippen molar-refractivity contribution in [1.29, 1.82) is 0 Å². The largest absolute Gasteiger partial charge is 0.387 e. The van der Waals surface area contributed by atoms with Gasteiger partial charge in [-0.3, -0.25) is 4.99 Å². The van der Waals surface area contributed by atoms with Crippen molar-refractivity contribution in [3.05, 3.63) is 35.4 Å². The molecule has 0 aromatic heterocycles. The molecule has 0 heterocycles. The Hall–Kier alpha value is -1.45. The molecule has 0 saturated heterocycles. The summed E-state index contributed by atoms with van der Waals surface area (Å²) in [4.78, 5) is 4.12. The number of rotatable bonds is 5. The Kier molecular flexibility index (Phi) is 4.89. The third-order valence-electron chi connectivity index (χ3n) is 2.14. The van der Waals surface area contributed by atoms with Crippen LogP contribution in [0.1, 0.15) is 25.3 Å². The van der Waals surface area contributed by atoms with E-state index >= 15 is 0 Å². The van der Waals surface area contributed by atoms with E-state index in [0.29, 0.717) is 24.4 Å². The van der Waals surface area contributed by atoms with Gasteiger partial charge >= 0.3 is 0 Å². The highest BCUT2D eigenvalue weighted by atomic mass is 19.1. The van der Waals surface area contributed by atoms with E-state index in [9.17, 15) is 8.78 Å². The molecule has 88 valence electrons. The van der Waals surface area contributed by atoms with E-state index < -0.39 is 11.6 Å². The van der Waals surface area contributed by atoms with Crippen LogP contribution in [0.25, 0.3) is 0 Å². The molecule has 0 amide bonds. The Morgan fingerprint density at radius 1 is 1.25 bits per heavy atom. The fraction of sp³-hybridized carbons (Fsp3) is 0.417. The van der Waals surface area contributed by atoms with Crippen LogP contribution in [0, 0.1) is 11.6 Å². The summed E-state index contributed by atoms with van der Waals surface area (Å²) in [6.45, 7) is 2.49. The van der Waals surface area contributed by atoms with E-state index in [1.807, 2.05) is 6.92 Å². The first-order valence-electron chi connectivity index (χ1n) is 5.35. The van der Waals surface area contributed by atoms with Crippen molar-refractivity contribution >= 4 is 5.84 Å². The lowest BCUT2D eigenvalue weighted by Gasteiger charge is -2.01. The van der Waals surface area contributed by atoms with Gasteiger partial charge in [-0.25, -0.2) is 8.78 Å². The van der Waals surface area contributed by atoms with Crippen LogP contribution in [0.2, 0.25) is 0 Å². The summed E-state index contributed by atoms with van der Waals surface area (Å²) in [7, 11) is 0. The number of aliphatic imine (C=N–C) groups is 1. The van der Waals surface area contributed by atoms with Crippen LogP contribution in [0.5, 0.6) is 0 Å². The molecule has 1 aromatic rings. The van der Waals surface area contributed by atoms with E-state index in [1.165, 1.54) is 12.1 Å². The second-order valence-electron chi connectivity index (χ2n) is 3.65. The third kappa shape index (κ3) is 4.38. The molecular weight excluding hydrogens is 210 g/mol. The standard InChI is InChI=1S/C12H16F2N2/c1-2-3-12(15)16-5-4-9-6-10(13)8-11(14)7-9/h6-8H,2-5H2,1H3,(H2,15,16). The van der Waals surface area contributed by atoms with Crippen LogP contribution in [-0.2, 0) is 6.42 Å². The van der Waals surface area contributed by atoms with Gasteiger partial charge in [0, 0.05) is 19.0 Å². The number of hydrogen-bond acceptors (Lipinski definition) is 1. The van der Waals surface area contributed by atoms with E-state index in [-0.39, 0.29) is 0 Å². The molecular formula is C12H16F2N2. The van der Waals surface area contributed by atoms with Crippen molar-refractivity contribution in [2.24, 2.45) is 10.7 Å². The quantitative estimate of drug-likeness (QED) is 0.608. The molecule has 2 N–H and O–H groups in total. The zero-order valence-corrected chi connectivity index (χ0v) is 9.34. The minimum Gasteiger partial charge on any atom is -0.387 e. The van der Waals surface area contributed by atoms with E-state index in [2.05, 4.69) is 4.99 Å². The lowest BCUT2D eigenvalue weighted by Crippen LogP contribution is -2.12. The molecule has 0 unspecified atom stereocenters. The topological polar surface area (TPSA) is 38.4 Å². The number of benzene rings is 1. The predicted molar refractivity (Wildman–Crippen MR) is 61.5 cm³/mol. The second-order valence-corrected chi connectivity index (χ2v) is 3.65. The smallest absolute Gasteiger partial charge is 0.126 e. The van der Waals surface area contributed by atoms with Gasteiger partial charge in [-0.2, -0.15) is 0 Å². The summed E-state index contributed by atoms with van der Waals surface area (Å²) in [5, 5.41) is 0. The number of amidine groups is 1. The molecule has 0 aliphatic rings. The van der Waals surface area contributed by atoms with Gasteiger partial charge < -0.3 is 5.73 Å². The molecule has 4 heteroatoms. The van der Waals surface area contributed by atoms with Crippen molar-refractivity contribution in [3.8, 4) is 0 Å². The lowest BCUT2D eigenvalue weighted by atomic mass is 10.1. The van der Waals surface area contributed by atoms with E-state index in [1.54, 1.807) is 0 Å². The first kappa shape index (κ1) is 12.6. The van der Waals surface area contributed by atoms with Crippen LogP contribution >= 0.6 is 0 Å². The first-order chi connectivity index (χ1) is 7.61. The normalized spacial score (nSPS) is 11.8. The summed E-state index contributed by atoms with van der Waals surface area (Å²) in [6.07, 6.45) is 2.21. The van der Waals surface area contributed by atoms with E-state index in [0.717, 1.165) is 18.9 Å². The van der Waals surface area contributed by atoms with Crippen LogP contribution in [-0.4, -0.2) is 12.4 Å². The van der Waals surface area contributed by atoms with Crippen molar-refractivity contribution in [1.82, 2.24) is 0 Å². The van der Waals surface area contributed by atoms with Gasteiger partial charge in [0.1, 0.15) is 11.6 Å². The lowest BCUT2D eigenvalue weighted by molar-refractivity contribution is 0.579. The maximum Gasteiger partial charge on any atom is 0.126 e. The van der Waals surface area contributed by atoms with Crippen LogP contribution in [0.3, 0.4) is 0 Å². The maximum absolute atomic E-state index is 12.8. The Labute approximate surface area is 94.2 Å². The Morgan fingerprint density at radius 3 is 2.44 bits per heavy atom. The summed E-state index contributed by atoms with van der Waals surface area (Å²) >= 11 is 0. The average Bonchev–Trinajstić information content (AvgIpc) is 2.16. The summed E-state index contributed by atoms with van der Waals surface area (Å²) in [6, 6.07) is 3.49. The van der Waals surface area contributed by atoms with Crippen LogP contribution in [0.4, 0.5) is 8.78 Å². The zero-order valence-electron chi connectivity index (χ0n) is 9.34. The summed E-state index contributed by atoms with van der Waals surface area (Å²) in [5.41, 5.74) is 6.21. The zero-order chi connectivity index (χ0) is 12.0. The molecule has 0 radical (unpaired) electrons. The van der Waals surface area contributed by atoms with E-state index in [4.69, 9.17) is 5.73 Å².